The summed E-state index contributed by atoms with van der Waals surface area (Å²) in [4.78, 5) is 15.1. The molecule has 6 heteroatoms. The monoisotopic (exact) mass is 222 g/mol. The van der Waals surface area contributed by atoms with E-state index in [0.717, 1.165) is 0 Å². The van der Waals surface area contributed by atoms with Gasteiger partial charge in [-0.05, 0) is 25.1 Å². The molecule has 0 aliphatic rings. The van der Waals surface area contributed by atoms with Gasteiger partial charge in [-0.15, -0.1) is 0 Å². The molecule has 0 aliphatic carbocycles. The molecule has 0 aliphatic heterocycles. The fraction of sp³-hybridized carbons (Fsp3) is 0.200. The summed E-state index contributed by atoms with van der Waals surface area (Å²) in [6.45, 7) is 1.59. The third-order valence-corrected chi connectivity index (χ3v) is 2.48. The van der Waals surface area contributed by atoms with Gasteiger partial charge in [0.1, 0.15) is 11.9 Å². The van der Waals surface area contributed by atoms with Crippen LogP contribution in [0.1, 0.15) is 13.0 Å². The maximum Gasteiger partial charge on any atom is 0.240 e. The van der Waals surface area contributed by atoms with E-state index in [-0.39, 0.29) is 5.95 Å². The molecule has 0 fully saturated rings. The zero-order valence-corrected chi connectivity index (χ0v) is 8.64. The van der Waals surface area contributed by atoms with Crippen molar-refractivity contribution in [1.82, 2.24) is 9.55 Å². The topological polar surface area (TPSA) is 86.9 Å². The second-order valence-electron chi connectivity index (χ2n) is 3.55. The number of imidazole rings is 1. The minimum atomic E-state index is -0.660. The molecular weight excluding hydrogens is 211 g/mol. The molecule has 2 aromatic rings. The van der Waals surface area contributed by atoms with Gasteiger partial charge < -0.3 is 11.5 Å². The minimum Gasteiger partial charge on any atom is -0.369 e. The Morgan fingerprint density at radius 2 is 2.25 bits per heavy atom. The number of nitrogens with zero attached hydrogens (tertiary/aromatic N) is 2. The van der Waals surface area contributed by atoms with Crippen LogP contribution in [0.25, 0.3) is 11.0 Å². The average Bonchev–Trinajstić information content (AvgIpc) is 2.52. The van der Waals surface area contributed by atoms with E-state index in [4.69, 9.17) is 11.5 Å². The van der Waals surface area contributed by atoms with E-state index in [1.54, 1.807) is 6.92 Å². The molecule has 1 amide bonds. The summed E-state index contributed by atoms with van der Waals surface area (Å²) in [6, 6.07) is 3.41. The van der Waals surface area contributed by atoms with Crippen LogP contribution < -0.4 is 11.5 Å². The zero-order valence-electron chi connectivity index (χ0n) is 8.64. The largest absolute Gasteiger partial charge is 0.369 e. The van der Waals surface area contributed by atoms with E-state index in [9.17, 15) is 9.18 Å². The van der Waals surface area contributed by atoms with Gasteiger partial charge in [-0.1, -0.05) is 0 Å². The van der Waals surface area contributed by atoms with E-state index in [1.807, 2.05) is 0 Å². The van der Waals surface area contributed by atoms with E-state index < -0.39 is 17.8 Å². The number of hydrogen-bond acceptors (Lipinski definition) is 3. The number of nitrogens with two attached hydrogens (primary N) is 2. The summed E-state index contributed by atoms with van der Waals surface area (Å²) in [5.74, 6) is -0.813. The Kier molecular flexibility index (Phi) is 2.26. The Bertz CT molecular complexity index is 563. The Hall–Kier alpha value is -2.11. The summed E-state index contributed by atoms with van der Waals surface area (Å²) in [6.07, 6.45) is 0. The fourth-order valence-electron chi connectivity index (χ4n) is 1.62. The Morgan fingerprint density at radius 1 is 1.56 bits per heavy atom. The van der Waals surface area contributed by atoms with E-state index in [2.05, 4.69) is 4.98 Å². The number of nitrogen functional groups attached to an aromatic ring is 1. The zero-order chi connectivity index (χ0) is 11.9. The molecular formula is C10H11FN4O. The van der Waals surface area contributed by atoms with Gasteiger partial charge in [0.15, 0.2) is 0 Å². The number of aromatic nitrogens is 2. The van der Waals surface area contributed by atoms with Crippen LogP contribution >= 0.6 is 0 Å². The van der Waals surface area contributed by atoms with Gasteiger partial charge >= 0.3 is 0 Å². The number of amides is 1. The number of anilines is 1. The Labute approximate surface area is 90.9 Å². The van der Waals surface area contributed by atoms with Gasteiger partial charge in [0.2, 0.25) is 11.9 Å². The summed E-state index contributed by atoms with van der Waals surface area (Å²) >= 11 is 0. The van der Waals surface area contributed by atoms with Gasteiger partial charge in [0.05, 0.1) is 11.0 Å². The number of hydrogen-bond donors (Lipinski definition) is 2. The molecule has 1 heterocycles. The molecule has 84 valence electrons. The van der Waals surface area contributed by atoms with Gasteiger partial charge in [0, 0.05) is 0 Å². The molecule has 5 nitrogen and oxygen atoms in total. The maximum absolute atomic E-state index is 13.1. The highest BCUT2D eigenvalue weighted by Crippen LogP contribution is 2.23. The van der Waals surface area contributed by atoms with Gasteiger partial charge in [-0.3, -0.25) is 9.36 Å². The van der Waals surface area contributed by atoms with Crippen LogP contribution in [0.2, 0.25) is 0 Å². The highest BCUT2D eigenvalue weighted by atomic mass is 19.1. The van der Waals surface area contributed by atoms with Crippen molar-refractivity contribution in [3.05, 3.63) is 24.0 Å². The van der Waals surface area contributed by atoms with Crippen LogP contribution in [-0.4, -0.2) is 15.5 Å². The fourth-order valence-corrected chi connectivity index (χ4v) is 1.62. The molecule has 4 N–H and O–H groups in total. The van der Waals surface area contributed by atoms with Crippen molar-refractivity contribution in [2.45, 2.75) is 13.0 Å². The molecule has 0 saturated heterocycles. The van der Waals surface area contributed by atoms with Crippen LogP contribution in [0.15, 0.2) is 18.2 Å². The van der Waals surface area contributed by atoms with E-state index in [0.29, 0.717) is 11.0 Å². The molecule has 1 unspecified atom stereocenters. The first-order valence-corrected chi connectivity index (χ1v) is 4.73. The number of benzene rings is 1. The van der Waals surface area contributed by atoms with Crippen molar-refractivity contribution < 1.29 is 9.18 Å². The molecule has 1 aromatic heterocycles. The number of carbonyl (C=O) groups excluding carboxylic acids is 1. The van der Waals surface area contributed by atoms with Crippen molar-refractivity contribution in [3.8, 4) is 0 Å². The summed E-state index contributed by atoms with van der Waals surface area (Å²) in [5, 5.41) is 0. The number of carbonyl (C=O) groups is 1. The van der Waals surface area contributed by atoms with E-state index in [1.165, 1.54) is 22.8 Å². The van der Waals surface area contributed by atoms with Crippen molar-refractivity contribution in [3.63, 3.8) is 0 Å². The van der Waals surface area contributed by atoms with Gasteiger partial charge in [0.25, 0.3) is 0 Å². The van der Waals surface area contributed by atoms with Crippen molar-refractivity contribution in [2.24, 2.45) is 5.73 Å². The first-order chi connectivity index (χ1) is 7.50. The summed E-state index contributed by atoms with van der Waals surface area (Å²) < 4.78 is 14.5. The van der Waals surface area contributed by atoms with Crippen LogP contribution in [0, 0.1) is 5.82 Å². The third kappa shape index (κ3) is 1.48. The van der Waals surface area contributed by atoms with Crippen LogP contribution in [0.3, 0.4) is 0 Å². The summed E-state index contributed by atoms with van der Waals surface area (Å²) in [5.41, 5.74) is 11.8. The van der Waals surface area contributed by atoms with Crippen molar-refractivity contribution in [2.75, 3.05) is 5.73 Å². The van der Waals surface area contributed by atoms with Gasteiger partial charge in [-0.2, -0.15) is 0 Å². The molecule has 1 atom stereocenters. The average molecular weight is 222 g/mol. The number of halogens is 1. The molecule has 2 rings (SSSR count). The summed E-state index contributed by atoms with van der Waals surface area (Å²) in [7, 11) is 0. The van der Waals surface area contributed by atoms with Gasteiger partial charge in [-0.25, -0.2) is 9.37 Å². The Balaban J connectivity index is 2.72. The molecule has 0 bridgehead atoms. The first-order valence-electron chi connectivity index (χ1n) is 4.73. The SMILES string of the molecule is CC(C(N)=O)n1c(N)nc2ccc(F)cc21. The number of fused-ring (bicyclic) bond motifs is 1. The molecule has 0 spiro atoms. The first kappa shape index (κ1) is 10.4. The number of rotatable bonds is 2. The molecule has 16 heavy (non-hydrogen) atoms. The molecule has 0 radical (unpaired) electrons. The predicted molar refractivity (Wildman–Crippen MR) is 58.0 cm³/mol. The second kappa shape index (κ2) is 3.48. The minimum absolute atomic E-state index is 0.145. The predicted octanol–water partition coefficient (Wildman–Crippen LogP) is 0.804. The second-order valence-corrected chi connectivity index (χ2v) is 3.55. The van der Waals surface area contributed by atoms with E-state index >= 15 is 0 Å². The lowest BCUT2D eigenvalue weighted by molar-refractivity contribution is -0.120. The highest BCUT2D eigenvalue weighted by molar-refractivity contribution is 5.84. The van der Waals surface area contributed by atoms with Crippen molar-refractivity contribution >= 4 is 22.9 Å². The van der Waals surface area contributed by atoms with Crippen LogP contribution in [-0.2, 0) is 4.79 Å². The lowest BCUT2D eigenvalue weighted by Gasteiger charge is -2.11. The van der Waals surface area contributed by atoms with Crippen LogP contribution in [0.5, 0.6) is 0 Å². The lowest BCUT2D eigenvalue weighted by atomic mass is 10.2. The highest BCUT2D eigenvalue weighted by Gasteiger charge is 2.18. The smallest absolute Gasteiger partial charge is 0.240 e. The molecule has 1 aromatic carbocycles. The molecule has 0 saturated carbocycles. The maximum atomic E-state index is 13.1. The third-order valence-electron chi connectivity index (χ3n) is 2.48. The lowest BCUT2D eigenvalue weighted by Crippen LogP contribution is -2.24. The Morgan fingerprint density at radius 3 is 2.88 bits per heavy atom. The standard InChI is InChI=1S/C10H11FN4O/c1-5(9(12)16)15-8-4-6(11)2-3-7(8)14-10(15)13/h2-5H,1H3,(H2,12,16)(H2,13,14). The van der Waals surface area contributed by atoms with Crippen LogP contribution in [0.4, 0.5) is 10.3 Å². The number of primary amides is 1. The normalized spacial score (nSPS) is 12.9. The van der Waals surface area contributed by atoms with Crippen molar-refractivity contribution in [1.29, 1.82) is 0 Å². The quantitative estimate of drug-likeness (QED) is 0.788.